The predicted molar refractivity (Wildman–Crippen MR) is 177 cm³/mol. The molecule has 16 nitrogen and oxygen atoms in total. The molecule has 48 heavy (non-hydrogen) atoms. The van der Waals surface area contributed by atoms with Crippen LogP contribution in [-0.4, -0.2) is 85.5 Å². The Labute approximate surface area is 275 Å². The smallest absolute Gasteiger partial charge is 0.326 e. The van der Waals surface area contributed by atoms with Gasteiger partial charge in [0.15, 0.2) is 5.96 Å². The number of aliphatic carboxylic acids is 1. The van der Waals surface area contributed by atoms with Crippen molar-refractivity contribution in [2.24, 2.45) is 22.2 Å². The summed E-state index contributed by atoms with van der Waals surface area (Å²) < 4.78 is 0. The fourth-order valence-corrected chi connectivity index (χ4v) is 5.10. The number of para-hydroxylation sites is 1. The fraction of sp³-hybridized carbons (Fsp3) is 0.312. The third-order valence-corrected chi connectivity index (χ3v) is 7.64. The third kappa shape index (κ3) is 10.1. The van der Waals surface area contributed by atoms with Crippen LogP contribution in [0.3, 0.4) is 0 Å². The number of aromatic nitrogens is 3. The van der Waals surface area contributed by atoms with Crippen molar-refractivity contribution in [3.05, 3.63) is 84.1 Å². The number of amides is 3. The van der Waals surface area contributed by atoms with E-state index in [4.69, 9.17) is 17.2 Å². The second-order valence-corrected chi connectivity index (χ2v) is 11.3. The van der Waals surface area contributed by atoms with Gasteiger partial charge in [-0.05, 0) is 42.2 Å². The lowest BCUT2D eigenvalue weighted by Gasteiger charge is -2.25. The van der Waals surface area contributed by atoms with Gasteiger partial charge in [0.05, 0.1) is 12.4 Å². The minimum absolute atomic E-state index is 0.00215. The summed E-state index contributed by atoms with van der Waals surface area (Å²) in [5.74, 6) is -3.40. The molecule has 0 aliphatic carbocycles. The zero-order valence-electron chi connectivity index (χ0n) is 26.1. The van der Waals surface area contributed by atoms with E-state index in [1.807, 2.05) is 24.3 Å². The number of phenolic OH excluding ortho intramolecular Hbond substituents is 1. The molecule has 0 aliphatic rings. The molecular formula is C32H40N10O6. The quantitative estimate of drug-likeness (QED) is 0.0395. The molecule has 16 heteroatoms. The first-order chi connectivity index (χ1) is 23.0. The molecule has 4 aromatic rings. The molecular weight excluding hydrogens is 620 g/mol. The van der Waals surface area contributed by atoms with Gasteiger partial charge in [0, 0.05) is 54.8 Å². The number of hydrogen-bond donors (Lipinski definition) is 10. The first-order valence-corrected chi connectivity index (χ1v) is 15.2. The van der Waals surface area contributed by atoms with Gasteiger partial charge < -0.3 is 53.3 Å². The maximum Gasteiger partial charge on any atom is 0.326 e. The Bertz CT molecular complexity index is 1720. The number of phenols is 1. The number of nitrogens with two attached hydrogens (primary N) is 3. The van der Waals surface area contributed by atoms with Crippen LogP contribution in [0.25, 0.3) is 10.9 Å². The molecule has 0 aliphatic heterocycles. The van der Waals surface area contributed by atoms with Crippen LogP contribution in [0.15, 0.2) is 72.2 Å². The minimum atomic E-state index is -1.33. The van der Waals surface area contributed by atoms with Gasteiger partial charge in [0.25, 0.3) is 0 Å². The van der Waals surface area contributed by atoms with Gasteiger partial charge in [-0.3, -0.25) is 19.4 Å². The zero-order chi connectivity index (χ0) is 34.6. The summed E-state index contributed by atoms with van der Waals surface area (Å²) in [5.41, 5.74) is 19.4. The van der Waals surface area contributed by atoms with Crippen molar-refractivity contribution >= 4 is 40.6 Å². The van der Waals surface area contributed by atoms with Crippen molar-refractivity contribution in [1.82, 2.24) is 30.9 Å². The Morgan fingerprint density at radius 2 is 1.52 bits per heavy atom. The molecule has 0 saturated carbocycles. The number of carboxylic acids is 1. The van der Waals surface area contributed by atoms with Crippen LogP contribution in [0.5, 0.6) is 5.75 Å². The lowest BCUT2D eigenvalue weighted by molar-refractivity contribution is -0.142. The minimum Gasteiger partial charge on any atom is -0.508 e. The topological polar surface area (TPSA) is 280 Å². The maximum atomic E-state index is 13.9. The number of benzene rings is 2. The van der Waals surface area contributed by atoms with Crippen molar-refractivity contribution in [3.63, 3.8) is 0 Å². The number of rotatable bonds is 17. The van der Waals surface area contributed by atoms with E-state index < -0.39 is 47.9 Å². The Hall–Kier alpha value is -5.90. The Kier molecular flexibility index (Phi) is 12.1. The largest absolute Gasteiger partial charge is 0.508 e. The molecule has 0 saturated heterocycles. The van der Waals surface area contributed by atoms with E-state index in [2.05, 4.69) is 35.9 Å². The number of aliphatic imine (C=N–C) groups is 1. The molecule has 0 fully saturated rings. The Morgan fingerprint density at radius 1 is 0.854 bits per heavy atom. The monoisotopic (exact) mass is 660 g/mol. The zero-order valence-corrected chi connectivity index (χ0v) is 26.1. The van der Waals surface area contributed by atoms with Crippen LogP contribution in [0.1, 0.15) is 29.7 Å². The van der Waals surface area contributed by atoms with E-state index in [0.29, 0.717) is 23.2 Å². The molecule has 4 rings (SSSR count). The number of H-pyrrole nitrogens is 2. The van der Waals surface area contributed by atoms with Gasteiger partial charge in [-0.1, -0.05) is 30.3 Å². The van der Waals surface area contributed by atoms with E-state index in [1.165, 1.54) is 24.7 Å². The molecule has 13 N–H and O–H groups in total. The maximum absolute atomic E-state index is 13.9. The highest BCUT2D eigenvalue weighted by Gasteiger charge is 2.31. The van der Waals surface area contributed by atoms with E-state index >= 15 is 0 Å². The van der Waals surface area contributed by atoms with E-state index in [-0.39, 0.29) is 43.9 Å². The number of nitrogens with zero attached hydrogens (tertiary/aromatic N) is 2. The van der Waals surface area contributed by atoms with Crippen LogP contribution in [0, 0.1) is 0 Å². The number of hydrogen-bond acceptors (Lipinski definition) is 8. The molecule has 3 amide bonds. The second-order valence-electron chi connectivity index (χ2n) is 11.3. The molecule has 0 spiro atoms. The number of carbonyl (C=O) groups is 4. The fourth-order valence-electron chi connectivity index (χ4n) is 5.10. The number of aromatic hydroxyl groups is 1. The molecule has 2 aromatic heterocycles. The van der Waals surface area contributed by atoms with E-state index in [9.17, 15) is 29.4 Å². The van der Waals surface area contributed by atoms with Gasteiger partial charge >= 0.3 is 5.97 Å². The molecule has 2 aromatic carbocycles. The number of guanidine groups is 1. The molecule has 254 valence electrons. The van der Waals surface area contributed by atoms with E-state index in [0.717, 1.165) is 10.9 Å². The van der Waals surface area contributed by atoms with Crippen LogP contribution in [0.4, 0.5) is 0 Å². The molecule has 0 radical (unpaired) electrons. The highest BCUT2D eigenvalue weighted by Crippen LogP contribution is 2.20. The van der Waals surface area contributed by atoms with Gasteiger partial charge in [0.2, 0.25) is 17.7 Å². The standard InChI is InChI=1S/C32H40N10O6/c33-23(5-3-11-37-32(34)35)28(44)40-25(12-18-7-9-21(43)10-8-18)29(45)41-26(13-19-15-38-24-6-2-1-4-22(19)24)30(46)42-27(31(47)48)14-20-16-36-17-39-20/h1-2,4,6-10,15-17,23,25-27,38,43H,3,5,11-14,33H2,(H,36,39)(H,40,44)(H,41,45)(H,42,46)(H,47,48)(H4,34,35,37). The van der Waals surface area contributed by atoms with Crippen LogP contribution < -0.4 is 33.2 Å². The lowest BCUT2D eigenvalue weighted by atomic mass is 10.0. The normalized spacial score (nSPS) is 13.5. The highest BCUT2D eigenvalue weighted by atomic mass is 16.4. The average molecular weight is 661 g/mol. The molecule has 0 bridgehead atoms. The number of fused-ring (bicyclic) bond motifs is 1. The SMILES string of the molecule is NC(N)=NCCCC(N)C(=O)NC(Cc1ccc(O)cc1)C(=O)NC(Cc1c[nH]c2ccccc12)C(=O)NC(Cc1cnc[nH]1)C(=O)O. The first kappa shape index (κ1) is 35.0. The third-order valence-electron chi connectivity index (χ3n) is 7.64. The van der Waals surface area contributed by atoms with Crippen LogP contribution in [0.2, 0.25) is 0 Å². The number of carboxylic acid groups (broad SMARTS) is 1. The number of aromatic amines is 2. The Morgan fingerprint density at radius 3 is 2.19 bits per heavy atom. The number of nitrogens with one attached hydrogen (secondary N) is 5. The van der Waals surface area contributed by atoms with Crippen LogP contribution >= 0.6 is 0 Å². The molecule has 4 atom stereocenters. The van der Waals surface area contributed by atoms with Crippen molar-refractivity contribution in [2.45, 2.75) is 56.3 Å². The number of carbonyl (C=O) groups excluding carboxylic acids is 3. The summed E-state index contributed by atoms with van der Waals surface area (Å²) in [6.07, 6.45) is 5.14. The van der Waals surface area contributed by atoms with Crippen molar-refractivity contribution < 1.29 is 29.4 Å². The summed E-state index contributed by atoms with van der Waals surface area (Å²) in [6.45, 7) is 0.267. The van der Waals surface area contributed by atoms with Crippen LogP contribution in [-0.2, 0) is 38.4 Å². The van der Waals surface area contributed by atoms with Gasteiger partial charge in [0.1, 0.15) is 23.9 Å². The second kappa shape index (κ2) is 16.6. The van der Waals surface area contributed by atoms with E-state index in [1.54, 1.807) is 18.3 Å². The average Bonchev–Trinajstić information content (AvgIpc) is 3.73. The highest BCUT2D eigenvalue weighted by molar-refractivity contribution is 5.95. The molecule has 4 unspecified atom stereocenters. The van der Waals surface area contributed by atoms with Gasteiger partial charge in [-0.15, -0.1) is 0 Å². The van der Waals surface area contributed by atoms with Crippen molar-refractivity contribution in [1.29, 1.82) is 0 Å². The predicted octanol–water partition coefficient (Wildman–Crippen LogP) is -0.456. The summed E-state index contributed by atoms with van der Waals surface area (Å²) >= 11 is 0. The van der Waals surface area contributed by atoms with Gasteiger partial charge in [-0.2, -0.15) is 0 Å². The summed E-state index contributed by atoms with van der Waals surface area (Å²) in [4.78, 5) is 66.6. The summed E-state index contributed by atoms with van der Waals surface area (Å²) in [7, 11) is 0. The lowest BCUT2D eigenvalue weighted by Crippen LogP contribution is -2.58. The van der Waals surface area contributed by atoms with Gasteiger partial charge in [-0.25, -0.2) is 9.78 Å². The summed E-state index contributed by atoms with van der Waals surface area (Å²) in [6, 6.07) is 8.74. The number of imidazole rings is 1. The van der Waals surface area contributed by atoms with Crippen molar-refractivity contribution in [2.75, 3.05) is 6.54 Å². The first-order valence-electron chi connectivity index (χ1n) is 15.2. The molecule has 2 heterocycles. The summed E-state index contributed by atoms with van der Waals surface area (Å²) in [5, 5.41) is 28.4. The Balaban J connectivity index is 1.57. The van der Waals surface area contributed by atoms with Crippen molar-refractivity contribution in [3.8, 4) is 5.75 Å².